The zero-order chi connectivity index (χ0) is 24.6. The summed E-state index contributed by atoms with van der Waals surface area (Å²) in [5.41, 5.74) is 2.88. The predicted octanol–water partition coefficient (Wildman–Crippen LogP) is 6.56. The minimum atomic E-state index is 0.128. The van der Waals surface area contributed by atoms with E-state index in [0.717, 1.165) is 16.9 Å². The van der Waals surface area contributed by atoms with Gasteiger partial charge in [0.1, 0.15) is 28.8 Å². The van der Waals surface area contributed by atoms with E-state index in [2.05, 4.69) is 9.83 Å². The number of benzene rings is 3. The number of nitrogens with zero attached hydrogens (tertiary/aromatic N) is 2. The SMILES string of the molecule is [C-]#[N+]c1cc2c(Oc3ccc(CC(=O)Cc4ccc(OC)cc4)cc3)ccnc2cc1OCCCl. The highest BCUT2D eigenvalue weighted by Crippen LogP contribution is 2.37. The Bertz CT molecular complexity index is 1360. The third-order valence-corrected chi connectivity index (χ3v) is 5.50. The van der Waals surface area contributed by atoms with Gasteiger partial charge in [-0.1, -0.05) is 24.3 Å². The monoisotopic (exact) mass is 486 g/mol. The highest BCUT2D eigenvalue weighted by molar-refractivity contribution is 6.18. The topological polar surface area (TPSA) is 62.0 Å². The van der Waals surface area contributed by atoms with E-state index < -0.39 is 0 Å². The van der Waals surface area contributed by atoms with Gasteiger partial charge in [0.2, 0.25) is 5.69 Å². The zero-order valence-electron chi connectivity index (χ0n) is 19.2. The van der Waals surface area contributed by atoms with E-state index in [4.69, 9.17) is 32.4 Å². The van der Waals surface area contributed by atoms with Gasteiger partial charge in [0.05, 0.1) is 31.7 Å². The van der Waals surface area contributed by atoms with Crippen LogP contribution in [0.2, 0.25) is 0 Å². The van der Waals surface area contributed by atoms with Gasteiger partial charge in [-0.3, -0.25) is 9.78 Å². The van der Waals surface area contributed by atoms with Gasteiger partial charge < -0.3 is 14.2 Å². The first kappa shape index (κ1) is 24.1. The molecule has 0 saturated heterocycles. The Hall–Kier alpha value is -4.08. The first-order valence-electron chi connectivity index (χ1n) is 11.0. The van der Waals surface area contributed by atoms with Gasteiger partial charge in [0.15, 0.2) is 0 Å². The Morgan fingerprint density at radius 2 is 1.60 bits per heavy atom. The van der Waals surface area contributed by atoms with Crippen molar-refractivity contribution in [3.8, 4) is 23.0 Å². The summed E-state index contributed by atoms with van der Waals surface area (Å²) in [6, 6.07) is 20.1. The molecule has 1 heterocycles. The van der Waals surface area contributed by atoms with Crippen LogP contribution in [0.25, 0.3) is 15.7 Å². The lowest BCUT2D eigenvalue weighted by molar-refractivity contribution is -0.117. The van der Waals surface area contributed by atoms with E-state index in [-0.39, 0.29) is 5.78 Å². The van der Waals surface area contributed by atoms with Crippen molar-refractivity contribution in [2.24, 2.45) is 0 Å². The normalized spacial score (nSPS) is 10.5. The second kappa shape index (κ2) is 11.4. The number of hydrogen-bond donors (Lipinski definition) is 0. The molecule has 4 aromatic rings. The van der Waals surface area contributed by atoms with Crippen molar-refractivity contribution in [1.82, 2.24) is 4.98 Å². The molecule has 0 radical (unpaired) electrons. The lowest BCUT2D eigenvalue weighted by Crippen LogP contribution is -2.06. The fourth-order valence-corrected chi connectivity index (χ4v) is 3.72. The first-order valence-corrected chi connectivity index (χ1v) is 11.5. The number of hydrogen-bond acceptors (Lipinski definition) is 5. The third-order valence-electron chi connectivity index (χ3n) is 5.35. The van der Waals surface area contributed by atoms with Crippen molar-refractivity contribution in [1.29, 1.82) is 0 Å². The summed E-state index contributed by atoms with van der Waals surface area (Å²) in [6.45, 7) is 7.78. The molecule has 0 aliphatic rings. The number of methoxy groups -OCH3 is 1. The molecule has 1 aromatic heterocycles. The van der Waals surface area contributed by atoms with Crippen LogP contribution < -0.4 is 14.2 Å². The molecule has 0 saturated carbocycles. The summed E-state index contributed by atoms with van der Waals surface area (Å²) in [5.74, 6) is 2.87. The molecular weight excluding hydrogens is 464 g/mol. The fraction of sp³-hybridized carbons (Fsp3) is 0.179. The van der Waals surface area contributed by atoms with Crippen molar-refractivity contribution in [3.05, 3.63) is 95.5 Å². The van der Waals surface area contributed by atoms with E-state index in [1.165, 1.54) is 0 Å². The summed E-state index contributed by atoms with van der Waals surface area (Å²) in [4.78, 5) is 20.4. The molecule has 176 valence electrons. The number of pyridine rings is 1. The minimum absolute atomic E-state index is 0.128. The number of ketones is 1. The molecule has 0 atom stereocenters. The van der Waals surface area contributed by atoms with E-state index in [0.29, 0.717) is 59.2 Å². The van der Waals surface area contributed by atoms with Crippen LogP contribution in [0.15, 0.2) is 72.9 Å². The van der Waals surface area contributed by atoms with E-state index in [1.807, 2.05) is 48.5 Å². The van der Waals surface area contributed by atoms with Crippen LogP contribution in [0, 0.1) is 6.57 Å². The Morgan fingerprint density at radius 1 is 0.943 bits per heavy atom. The maximum atomic E-state index is 12.5. The molecule has 0 unspecified atom stereocenters. The van der Waals surface area contributed by atoms with E-state index >= 15 is 0 Å². The highest BCUT2D eigenvalue weighted by Gasteiger charge is 2.12. The van der Waals surface area contributed by atoms with Gasteiger partial charge in [-0.15, -0.1) is 11.6 Å². The number of rotatable bonds is 10. The Kier molecular flexibility index (Phi) is 7.81. The lowest BCUT2D eigenvalue weighted by Gasteiger charge is -2.12. The summed E-state index contributed by atoms with van der Waals surface area (Å²) < 4.78 is 16.8. The minimum Gasteiger partial charge on any atom is -0.503 e. The molecule has 0 fully saturated rings. The van der Waals surface area contributed by atoms with Crippen LogP contribution in [0.5, 0.6) is 23.0 Å². The van der Waals surface area contributed by atoms with Crippen LogP contribution in [-0.2, 0) is 17.6 Å². The molecular formula is C28H23ClN2O4. The number of alkyl halides is 1. The number of aromatic nitrogens is 1. The van der Waals surface area contributed by atoms with Gasteiger partial charge in [0, 0.05) is 24.4 Å². The van der Waals surface area contributed by atoms with E-state index in [1.54, 1.807) is 31.5 Å². The average molecular weight is 487 g/mol. The standard InChI is InChI=1S/C28H23ClN2O4/c1-30-26-17-24-25(18-28(26)34-14-12-29)31-13-11-27(24)35-23-9-5-20(6-10-23)16-21(32)15-19-3-7-22(33-2)8-4-19/h3-11,13,17-18H,12,14-16H2,2H3. The van der Waals surface area contributed by atoms with Crippen LogP contribution in [0.4, 0.5) is 5.69 Å². The molecule has 35 heavy (non-hydrogen) atoms. The average Bonchev–Trinajstić information content (AvgIpc) is 2.88. The number of ether oxygens (including phenoxy) is 3. The highest BCUT2D eigenvalue weighted by atomic mass is 35.5. The lowest BCUT2D eigenvalue weighted by atomic mass is 10.0. The molecule has 6 nitrogen and oxygen atoms in total. The molecule has 0 spiro atoms. The van der Waals surface area contributed by atoms with E-state index in [9.17, 15) is 4.79 Å². The molecule has 0 bridgehead atoms. The number of fused-ring (bicyclic) bond motifs is 1. The smallest absolute Gasteiger partial charge is 0.229 e. The molecule has 0 N–H and O–H groups in total. The third kappa shape index (κ3) is 6.08. The van der Waals surface area contributed by atoms with Gasteiger partial charge >= 0.3 is 0 Å². The van der Waals surface area contributed by atoms with Gasteiger partial charge in [0.25, 0.3) is 0 Å². The van der Waals surface area contributed by atoms with Gasteiger partial charge in [-0.05, 0) is 53.6 Å². The quantitative estimate of drug-likeness (QED) is 0.188. The van der Waals surface area contributed by atoms with Gasteiger partial charge in [-0.2, -0.15) is 0 Å². The van der Waals surface area contributed by atoms with Crippen molar-refractivity contribution < 1.29 is 19.0 Å². The van der Waals surface area contributed by atoms with Crippen molar-refractivity contribution >= 4 is 34.0 Å². The molecule has 0 aliphatic heterocycles. The molecule has 3 aromatic carbocycles. The molecule has 4 rings (SSSR count). The Labute approximate surface area is 208 Å². The zero-order valence-corrected chi connectivity index (χ0v) is 19.9. The number of carbonyl (C=O) groups is 1. The Morgan fingerprint density at radius 3 is 2.20 bits per heavy atom. The second-order valence-electron chi connectivity index (χ2n) is 7.78. The van der Waals surface area contributed by atoms with Crippen LogP contribution in [0.1, 0.15) is 11.1 Å². The molecule has 0 aliphatic carbocycles. The van der Waals surface area contributed by atoms with Crippen molar-refractivity contribution in [3.63, 3.8) is 0 Å². The summed E-state index contributed by atoms with van der Waals surface area (Å²) in [6.07, 6.45) is 2.35. The number of halogens is 1. The second-order valence-corrected chi connectivity index (χ2v) is 8.16. The maximum absolute atomic E-state index is 12.5. The predicted molar refractivity (Wildman–Crippen MR) is 136 cm³/mol. The van der Waals surface area contributed by atoms with Crippen LogP contribution in [0.3, 0.4) is 0 Å². The van der Waals surface area contributed by atoms with Gasteiger partial charge in [-0.25, -0.2) is 4.85 Å². The van der Waals surface area contributed by atoms with Crippen molar-refractivity contribution in [2.45, 2.75) is 12.8 Å². The first-order chi connectivity index (χ1) is 17.1. The van der Waals surface area contributed by atoms with Crippen LogP contribution in [-0.4, -0.2) is 30.4 Å². The largest absolute Gasteiger partial charge is 0.503 e. The fourth-order valence-electron chi connectivity index (χ4n) is 3.64. The van der Waals surface area contributed by atoms with Crippen molar-refractivity contribution in [2.75, 3.05) is 19.6 Å². The van der Waals surface area contributed by atoms with Crippen LogP contribution >= 0.6 is 11.6 Å². The summed E-state index contributed by atoms with van der Waals surface area (Å²) in [5, 5.41) is 0.704. The summed E-state index contributed by atoms with van der Waals surface area (Å²) in [7, 11) is 1.62. The molecule has 7 heteroatoms. The number of Topliss-reactive ketones (excluding diaryl/α,β-unsaturated/α-hetero) is 1. The molecule has 0 amide bonds. The Balaban J connectivity index is 1.45. The maximum Gasteiger partial charge on any atom is 0.229 e. The number of carbonyl (C=O) groups excluding carboxylic acids is 1. The summed E-state index contributed by atoms with van der Waals surface area (Å²) >= 11 is 5.71.